The van der Waals surface area contributed by atoms with Crippen molar-refractivity contribution in [2.45, 2.75) is 12.8 Å². The highest BCUT2D eigenvalue weighted by molar-refractivity contribution is 6.00. The molecule has 1 aromatic carbocycles. The minimum Gasteiger partial charge on any atom is -0.478 e. The first-order valence-electron chi connectivity index (χ1n) is 6.13. The molecule has 5 nitrogen and oxygen atoms in total. The van der Waals surface area contributed by atoms with E-state index in [1.807, 2.05) is 0 Å². The molecular weight excluding hydrogens is 270 g/mol. The first-order chi connectivity index (χ1) is 9.38. The molecule has 7 heteroatoms. The fourth-order valence-electron chi connectivity index (χ4n) is 1.81. The van der Waals surface area contributed by atoms with E-state index in [9.17, 15) is 18.4 Å². The number of carboxylic acid groups (broad SMARTS) is 1. The van der Waals surface area contributed by atoms with Crippen molar-refractivity contribution in [3.8, 4) is 0 Å². The number of hydrogen-bond acceptors (Lipinski definition) is 2. The Bertz CT molecular complexity index is 559. The molecule has 20 heavy (non-hydrogen) atoms. The fourth-order valence-corrected chi connectivity index (χ4v) is 1.81. The highest BCUT2D eigenvalue weighted by Crippen LogP contribution is 2.29. The van der Waals surface area contributed by atoms with Crippen LogP contribution in [0.25, 0.3) is 0 Å². The molecule has 1 aliphatic carbocycles. The molecule has 2 rings (SSSR count). The van der Waals surface area contributed by atoms with Crippen molar-refractivity contribution >= 4 is 17.7 Å². The first-order valence-corrected chi connectivity index (χ1v) is 6.13. The first kappa shape index (κ1) is 14.2. The van der Waals surface area contributed by atoms with Crippen LogP contribution in [0.4, 0.5) is 19.3 Å². The van der Waals surface area contributed by atoms with Gasteiger partial charge in [0.05, 0.1) is 11.3 Å². The summed E-state index contributed by atoms with van der Waals surface area (Å²) in [4.78, 5) is 24.2. The number of nitrogens with zero attached hydrogens (tertiary/aromatic N) is 1. The monoisotopic (exact) mass is 284 g/mol. The fraction of sp³-hybridized carbons (Fsp3) is 0.385. The summed E-state index contributed by atoms with van der Waals surface area (Å²) >= 11 is 0. The molecule has 0 bridgehead atoms. The van der Waals surface area contributed by atoms with Gasteiger partial charge in [-0.3, -0.25) is 0 Å². The number of carboxylic acids is 1. The van der Waals surface area contributed by atoms with E-state index < -0.39 is 29.2 Å². The van der Waals surface area contributed by atoms with Gasteiger partial charge >= 0.3 is 12.0 Å². The number of halogens is 2. The molecule has 0 atom stereocenters. The number of carbonyl (C=O) groups is 2. The summed E-state index contributed by atoms with van der Waals surface area (Å²) in [7, 11) is 1.56. The molecule has 0 unspecified atom stereocenters. The number of carbonyl (C=O) groups excluding carboxylic acids is 1. The Morgan fingerprint density at radius 3 is 2.50 bits per heavy atom. The summed E-state index contributed by atoms with van der Waals surface area (Å²) in [6, 6.07) is 0.668. The number of rotatable bonds is 4. The van der Waals surface area contributed by atoms with Crippen LogP contribution in [0.15, 0.2) is 12.1 Å². The predicted molar refractivity (Wildman–Crippen MR) is 67.7 cm³/mol. The lowest BCUT2D eigenvalue weighted by Gasteiger charge is -2.18. The Kier molecular flexibility index (Phi) is 3.87. The van der Waals surface area contributed by atoms with Gasteiger partial charge in [-0.25, -0.2) is 18.4 Å². The minimum absolute atomic E-state index is 0.260. The maximum Gasteiger partial charge on any atom is 0.337 e. The van der Waals surface area contributed by atoms with Gasteiger partial charge in [0.15, 0.2) is 11.6 Å². The van der Waals surface area contributed by atoms with Crippen LogP contribution in [0.5, 0.6) is 0 Å². The second-order valence-corrected chi connectivity index (χ2v) is 4.87. The molecular formula is C13H14F2N2O3. The van der Waals surface area contributed by atoms with E-state index >= 15 is 0 Å². The Labute approximate surface area is 114 Å². The number of aromatic carboxylic acids is 1. The lowest BCUT2D eigenvalue weighted by Crippen LogP contribution is -2.33. The maximum absolute atomic E-state index is 13.2. The average Bonchev–Trinajstić information content (AvgIpc) is 3.16. The molecule has 0 heterocycles. The summed E-state index contributed by atoms with van der Waals surface area (Å²) in [6.45, 7) is 0.553. The Morgan fingerprint density at radius 1 is 1.35 bits per heavy atom. The molecule has 0 saturated heterocycles. The maximum atomic E-state index is 13.2. The molecule has 1 aromatic rings. The number of hydrogen-bond donors (Lipinski definition) is 2. The number of urea groups is 1. The van der Waals surface area contributed by atoms with E-state index in [1.54, 1.807) is 7.05 Å². The summed E-state index contributed by atoms with van der Waals surface area (Å²) < 4.78 is 26.2. The number of benzene rings is 1. The molecule has 0 aliphatic heterocycles. The van der Waals surface area contributed by atoms with Gasteiger partial charge in [0.25, 0.3) is 0 Å². The van der Waals surface area contributed by atoms with Crippen LogP contribution in [0, 0.1) is 17.6 Å². The highest BCUT2D eigenvalue weighted by atomic mass is 19.2. The van der Waals surface area contributed by atoms with Crippen LogP contribution in [-0.4, -0.2) is 35.6 Å². The topological polar surface area (TPSA) is 69.6 Å². The summed E-state index contributed by atoms with van der Waals surface area (Å²) in [5.41, 5.74) is -0.749. The van der Waals surface area contributed by atoms with Crippen molar-refractivity contribution in [1.29, 1.82) is 0 Å². The number of nitrogens with one attached hydrogen (secondary N) is 1. The quantitative estimate of drug-likeness (QED) is 0.892. The van der Waals surface area contributed by atoms with Crippen LogP contribution in [0.1, 0.15) is 23.2 Å². The van der Waals surface area contributed by atoms with Gasteiger partial charge in [0.1, 0.15) is 0 Å². The number of anilines is 1. The summed E-state index contributed by atoms with van der Waals surface area (Å²) in [5, 5.41) is 11.2. The number of amides is 2. The lowest BCUT2D eigenvalue weighted by atomic mass is 10.1. The molecule has 0 radical (unpaired) electrons. The van der Waals surface area contributed by atoms with Crippen LogP contribution in [-0.2, 0) is 0 Å². The molecule has 108 valence electrons. The van der Waals surface area contributed by atoms with Crippen LogP contribution < -0.4 is 5.32 Å². The zero-order chi connectivity index (χ0) is 14.9. The van der Waals surface area contributed by atoms with E-state index in [1.165, 1.54) is 4.90 Å². The lowest BCUT2D eigenvalue weighted by molar-refractivity contribution is 0.0697. The standard InChI is InChI=1S/C13H14F2N2O3/c1-17(6-7-2-3-7)13(20)16-11-5-10(15)9(14)4-8(11)12(18)19/h4-5,7H,2-3,6H2,1H3,(H,16,20)(H,18,19). The van der Waals surface area contributed by atoms with Gasteiger partial charge in [-0.05, 0) is 24.8 Å². The van der Waals surface area contributed by atoms with E-state index in [-0.39, 0.29) is 5.69 Å². The van der Waals surface area contributed by atoms with Gasteiger partial charge in [-0.2, -0.15) is 0 Å². The third kappa shape index (κ3) is 3.23. The van der Waals surface area contributed by atoms with Crippen LogP contribution in [0.2, 0.25) is 0 Å². The van der Waals surface area contributed by atoms with Gasteiger partial charge in [0.2, 0.25) is 0 Å². The highest BCUT2D eigenvalue weighted by Gasteiger charge is 2.25. The van der Waals surface area contributed by atoms with Gasteiger partial charge < -0.3 is 15.3 Å². The zero-order valence-corrected chi connectivity index (χ0v) is 10.8. The van der Waals surface area contributed by atoms with Crippen LogP contribution in [0.3, 0.4) is 0 Å². The third-order valence-corrected chi connectivity index (χ3v) is 3.11. The minimum atomic E-state index is -1.44. The van der Waals surface area contributed by atoms with Crippen molar-refractivity contribution in [2.24, 2.45) is 5.92 Å². The Balaban J connectivity index is 2.16. The van der Waals surface area contributed by atoms with Crippen molar-refractivity contribution in [2.75, 3.05) is 18.9 Å². The van der Waals surface area contributed by atoms with Gasteiger partial charge in [-0.1, -0.05) is 0 Å². The van der Waals surface area contributed by atoms with Crippen LogP contribution >= 0.6 is 0 Å². The predicted octanol–water partition coefficient (Wildman–Crippen LogP) is 2.54. The Hall–Kier alpha value is -2.18. The SMILES string of the molecule is CN(CC1CC1)C(=O)Nc1cc(F)c(F)cc1C(=O)O. The third-order valence-electron chi connectivity index (χ3n) is 3.11. The molecule has 1 aliphatic rings. The van der Waals surface area contributed by atoms with Crippen molar-refractivity contribution in [3.05, 3.63) is 29.3 Å². The van der Waals surface area contributed by atoms with E-state index in [4.69, 9.17) is 5.11 Å². The summed E-state index contributed by atoms with van der Waals surface area (Å²) in [6.07, 6.45) is 2.12. The largest absolute Gasteiger partial charge is 0.478 e. The average molecular weight is 284 g/mol. The molecule has 1 fully saturated rings. The van der Waals surface area contributed by atoms with Gasteiger partial charge in [-0.15, -0.1) is 0 Å². The normalized spacial score (nSPS) is 13.9. The second kappa shape index (κ2) is 5.44. The van der Waals surface area contributed by atoms with Crippen molar-refractivity contribution in [1.82, 2.24) is 4.90 Å². The van der Waals surface area contributed by atoms with E-state index in [0.717, 1.165) is 12.8 Å². The molecule has 1 saturated carbocycles. The zero-order valence-electron chi connectivity index (χ0n) is 10.8. The second-order valence-electron chi connectivity index (χ2n) is 4.87. The van der Waals surface area contributed by atoms with E-state index in [2.05, 4.69) is 5.32 Å². The van der Waals surface area contributed by atoms with Crippen molar-refractivity contribution < 1.29 is 23.5 Å². The smallest absolute Gasteiger partial charge is 0.337 e. The van der Waals surface area contributed by atoms with E-state index in [0.29, 0.717) is 24.6 Å². The summed E-state index contributed by atoms with van der Waals surface area (Å²) in [5.74, 6) is -3.46. The van der Waals surface area contributed by atoms with Gasteiger partial charge in [0, 0.05) is 19.7 Å². The molecule has 0 aromatic heterocycles. The van der Waals surface area contributed by atoms with Crippen molar-refractivity contribution in [3.63, 3.8) is 0 Å². The molecule has 2 N–H and O–H groups in total. The molecule has 0 spiro atoms. The molecule has 2 amide bonds. The Morgan fingerprint density at radius 2 is 1.95 bits per heavy atom.